The Morgan fingerprint density at radius 3 is 2.71 bits per heavy atom. The molecule has 156 valence electrons. The lowest BCUT2D eigenvalue weighted by Crippen LogP contribution is -2.13. The van der Waals surface area contributed by atoms with E-state index in [1.54, 1.807) is 33.7 Å². The summed E-state index contributed by atoms with van der Waals surface area (Å²) in [5, 5.41) is 11.5. The second kappa shape index (κ2) is 8.71. The highest BCUT2D eigenvalue weighted by Crippen LogP contribution is 2.27. The fraction of sp³-hybridized carbons (Fsp3) is 0.125. The van der Waals surface area contributed by atoms with Gasteiger partial charge < -0.3 is 10.1 Å². The van der Waals surface area contributed by atoms with Gasteiger partial charge in [-0.25, -0.2) is 9.20 Å². The van der Waals surface area contributed by atoms with E-state index >= 15 is 0 Å². The molecule has 0 radical (unpaired) electrons. The normalized spacial score (nSPS) is 11.9. The number of amides is 1. The predicted molar refractivity (Wildman–Crippen MR) is 121 cm³/mol. The van der Waals surface area contributed by atoms with Gasteiger partial charge in [0.2, 0.25) is 0 Å². The van der Waals surface area contributed by atoms with Crippen LogP contribution in [0, 0.1) is 6.92 Å². The van der Waals surface area contributed by atoms with Crippen LogP contribution in [-0.2, 0) is 0 Å². The highest BCUT2D eigenvalue weighted by Gasteiger charge is 2.15. The van der Waals surface area contributed by atoms with Crippen molar-refractivity contribution < 1.29 is 9.53 Å². The van der Waals surface area contributed by atoms with Crippen LogP contribution in [0.15, 0.2) is 79.3 Å². The van der Waals surface area contributed by atoms with E-state index in [2.05, 4.69) is 15.5 Å². The summed E-state index contributed by atoms with van der Waals surface area (Å²) in [7, 11) is 0. The van der Waals surface area contributed by atoms with Crippen molar-refractivity contribution in [3.63, 3.8) is 0 Å². The molecule has 0 fully saturated rings. The summed E-state index contributed by atoms with van der Waals surface area (Å²) in [5.74, 6) is 1.17. The molecule has 0 aliphatic rings. The fourth-order valence-corrected chi connectivity index (χ4v) is 3.24. The number of hydrogen-bond donors (Lipinski definition) is 1. The summed E-state index contributed by atoms with van der Waals surface area (Å²) >= 11 is 0. The lowest BCUT2D eigenvalue weighted by Gasteiger charge is -2.09. The molecule has 1 aromatic carbocycles. The molecule has 4 aromatic rings. The average molecular weight is 413 g/mol. The lowest BCUT2D eigenvalue weighted by atomic mass is 10.2. The maximum atomic E-state index is 12.7. The number of nitrogens with one attached hydrogen (secondary N) is 1. The predicted octanol–water partition coefficient (Wildman–Crippen LogP) is 5.32. The number of benzene rings is 1. The molecule has 31 heavy (non-hydrogen) atoms. The smallest absolute Gasteiger partial charge is 0.259 e. The molecule has 7 heteroatoms. The molecule has 0 atom stereocenters. The van der Waals surface area contributed by atoms with Gasteiger partial charge in [0.1, 0.15) is 11.3 Å². The Morgan fingerprint density at radius 1 is 1.13 bits per heavy atom. The number of carbonyl (C=O) groups is 1. The van der Waals surface area contributed by atoms with Crippen molar-refractivity contribution in [2.75, 3.05) is 5.32 Å². The Kier molecular flexibility index (Phi) is 5.66. The molecule has 0 unspecified atom stereocenters. The molecule has 1 amide bonds. The Labute approximate surface area is 180 Å². The Hall–Kier alpha value is -4.13. The van der Waals surface area contributed by atoms with Gasteiger partial charge in [0, 0.05) is 17.6 Å². The van der Waals surface area contributed by atoms with E-state index in [1.165, 1.54) is 0 Å². The number of allylic oxidation sites excluding steroid dienone is 4. The van der Waals surface area contributed by atoms with Crippen LogP contribution in [0.5, 0.6) is 11.5 Å². The van der Waals surface area contributed by atoms with Gasteiger partial charge in [-0.15, -0.1) is 0 Å². The van der Waals surface area contributed by atoms with E-state index in [1.807, 2.05) is 75.5 Å². The maximum Gasteiger partial charge on any atom is 0.259 e. The molecular weight excluding hydrogens is 390 g/mol. The number of nitrogens with zero attached hydrogens (tertiary/aromatic N) is 4. The molecule has 3 heterocycles. The van der Waals surface area contributed by atoms with Crippen LogP contribution in [-0.4, -0.2) is 25.3 Å². The molecule has 1 N–H and O–H groups in total. The van der Waals surface area contributed by atoms with E-state index in [-0.39, 0.29) is 5.91 Å². The summed E-state index contributed by atoms with van der Waals surface area (Å²) in [5.41, 5.74) is 3.80. The van der Waals surface area contributed by atoms with E-state index < -0.39 is 0 Å². The minimum Gasteiger partial charge on any atom is -0.455 e. The summed E-state index contributed by atoms with van der Waals surface area (Å²) in [6.45, 7) is 5.78. The van der Waals surface area contributed by atoms with Gasteiger partial charge in [-0.05, 0) is 69.3 Å². The first-order valence-corrected chi connectivity index (χ1v) is 9.93. The monoisotopic (exact) mass is 413 g/mol. The number of anilines is 1. The number of pyridine rings is 1. The molecule has 0 aliphatic carbocycles. The van der Waals surface area contributed by atoms with Crippen LogP contribution in [0.4, 0.5) is 5.69 Å². The van der Waals surface area contributed by atoms with Gasteiger partial charge in [-0.2, -0.15) is 10.2 Å². The average Bonchev–Trinajstić information content (AvgIpc) is 3.40. The van der Waals surface area contributed by atoms with Crippen LogP contribution in [0.1, 0.15) is 29.9 Å². The van der Waals surface area contributed by atoms with E-state index in [4.69, 9.17) is 4.74 Å². The van der Waals surface area contributed by atoms with Gasteiger partial charge in [0.05, 0.1) is 23.7 Å². The molecule has 7 nitrogen and oxygen atoms in total. The molecule has 0 spiro atoms. The number of aromatic nitrogens is 4. The number of hydrogen-bond acceptors (Lipinski definition) is 4. The first-order valence-electron chi connectivity index (χ1n) is 9.93. The first-order chi connectivity index (χ1) is 15.1. The van der Waals surface area contributed by atoms with Crippen molar-refractivity contribution in [2.24, 2.45) is 0 Å². The SMILES string of the molecule is C/C=C\C=C(/C)n1ncc(C(=O)Nc2ccc(Oc3cccn4nccc34)cc2)c1C. The quantitative estimate of drug-likeness (QED) is 0.434. The van der Waals surface area contributed by atoms with Crippen LogP contribution in [0.3, 0.4) is 0 Å². The van der Waals surface area contributed by atoms with E-state index in [0.29, 0.717) is 22.7 Å². The Bertz CT molecular complexity index is 1280. The summed E-state index contributed by atoms with van der Waals surface area (Å²) in [6, 6.07) is 12.9. The Morgan fingerprint density at radius 2 is 1.94 bits per heavy atom. The Balaban J connectivity index is 1.46. The van der Waals surface area contributed by atoms with Gasteiger partial charge in [0.25, 0.3) is 5.91 Å². The maximum absolute atomic E-state index is 12.7. The third-order valence-corrected chi connectivity index (χ3v) is 4.86. The van der Waals surface area contributed by atoms with Gasteiger partial charge in [0.15, 0.2) is 5.75 Å². The highest BCUT2D eigenvalue weighted by atomic mass is 16.5. The molecule has 0 saturated heterocycles. The van der Waals surface area contributed by atoms with Crippen molar-refractivity contribution in [1.82, 2.24) is 19.4 Å². The highest BCUT2D eigenvalue weighted by molar-refractivity contribution is 6.05. The number of fused-ring (bicyclic) bond motifs is 1. The molecular formula is C24H23N5O2. The number of ether oxygens (including phenoxy) is 1. The molecule has 4 rings (SSSR count). The second-order valence-electron chi connectivity index (χ2n) is 7.00. The van der Waals surface area contributed by atoms with Crippen LogP contribution < -0.4 is 10.1 Å². The fourth-order valence-electron chi connectivity index (χ4n) is 3.24. The largest absolute Gasteiger partial charge is 0.455 e. The summed E-state index contributed by atoms with van der Waals surface area (Å²) in [6.07, 6.45) is 11.0. The number of rotatable bonds is 6. The van der Waals surface area contributed by atoms with E-state index in [9.17, 15) is 4.79 Å². The third kappa shape index (κ3) is 4.25. The van der Waals surface area contributed by atoms with Crippen LogP contribution in [0.2, 0.25) is 0 Å². The zero-order valence-corrected chi connectivity index (χ0v) is 17.6. The van der Waals surface area contributed by atoms with Gasteiger partial charge >= 0.3 is 0 Å². The van der Waals surface area contributed by atoms with Crippen molar-refractivity contribution in [3.8, 4) is 11.5 Å². The minimum absolute atomic E-state index is 0.208. The molecule has 0 bridgehead atoms. The van der Waals surface area contributed by atoms with Crippen LogP contribution >= 0.6 is 0 Å². The second-order valence-corrected chi connectivity index (χ2v) is 7.00. The lowest BCUT2D eigenvalue weighted by molar-refractivity contribution is 0.102. The van der Waals surface area contributed by atoms with Crippen LogP contribution in [0.25, 0.3) is 11.2 Å². The van der Waals surface area contributed by atoms with E-state index in [0.717, 1.165) is 16.9 Å². The van der Waals surface area contributed by atoms with Crippen molar-refractivity contribution in [2.45, 2.75) is 20.8 Å². The number of carbonyl (C=O) groups excluding carboxylic acids is 1. The summed E-state index contributed by atoms with van der Waals surface area (Å²) in [4.78, 5) is 12.7. The van der Waals surface area contributed by atoms with Gasteiger partial charge in [-0.3, -0.25) is 4.79 Å². The molecule has 3 aromatic heterocycles. The summed E-state index contributed by atoms with van der Waals surface area (Å²) < 4.78 is 9.48. The van der Waals surface area contributed by atoms with Crippen molar-refractivity contribution in [3.05, 3.63) is 90.5 Å². The minimum atomic E-state index is -0.208. The standard InChI is InChI=1S/C24H23N5O2/c1-4-5-7-17(2)29-18(3)21(16-26-29)24(30)27-19-9-11-20(12-10-19)31-23-8-6-15-28-22(23)13-14-25-28/h4-16H,1-3H3,(H,27,30)/b5-4-,17-7+. The molecule has 0 aliphatic heterocycles. The zero-order chi connectivity index (χ0) is 21.8. The zero-order valence-electron chi connectivity index (χ0n) is 17.6. The topological polar surface area (TPSA) is 73.5 Å². The molecule has 0 saturated carbocycles. The third-order valence-electron chi connectivity index (χ3n) is 4.86. The first kappa shape index (κ1) is 20.2. The van der Waals surface area contributed by atoms with Crippen molar-refractivity contribution >= 4 is 22.8 Å². The van der Waals surface area contributed by atoms with Gasteiger partial charge in [-0.1, -0.05) is 12.2 Å². The van der Waals surface area contributed by atoms with Crippen molar-refractivity contribution in [1.29, 1.82) is 0 Å².